The quantitative estimate of drug-likeness (QED) is 0.615. The number of amides is 1. The van der Waals surface area contributed by atoms with E-state index in [9.17, 15) is 9.59 Å². The van der Waals surface area contributed by atoms with Gasteiger partial charge in [-0.2, -0.15) is 0 Å². The highest BCUT2D eigenvalue weighted by molar-refractivity contribution is 5.81. The highest BCUT2D eigenvalue weighted by Gasteiger charge is 2.24. The van der Waals surface area contributed by atoms with E-state index >= 15 is 0 Å². The summed E-state index contributed by atoms with van der Waals surface area (Å²) in [5.74, 6) is -0.113. The van der Waals surface area contributed by atoms with Gasteiger partial charge in [0.2, 0.25) is 0 Å². The highest BCUT2D eigenvalue weighted by Crippen LogP contribution is 2.23. The van der Waals surface area contributed by atoms with E-state index < -0.39 is 5.97 Å². The van der Waals surface area contributed by atoms with Crippen LogP contribution in [-0.2, 0) is 14.3 Å². The van der Waals surface area contributed by atoms with E-state index in [1.54, 1.807) is 12.1 Å². The van der Waals surface area contributed by atoms with Crippen molar-refractivity contribution in [1.82, 2.24) is 4.90 Å². The molecule has 6 heteroatoms. The zero-order valence-corrected chi connectivity index (χ0v) is 17.5. The van der Waals surface area contributed by atoms with E-state index in [4.69, 9.17) is 9.47 Å². The molecule has 1 N–H and O–H groups in total. The van der Waals surface area contributed by atoms with Gasteiger partial charge in [0.25, 0.3) is 5.91 Å². The molecule has 1 amide bonds. The topological polar surface area (TPSA) is 67.9 Å². The monoisotopic (exact) mass is 410 g/mol. The van der Waals surface area contributed by atoms with Gasteiger partial charge in [0.15, 0.2) is 13.2 Å². The average molecular weight is 411 g/mol. The van der Waals surface area contributed by atoms with Crippen LogP contribution >= 0.6 is 0 Å². The van der Waals surface area contributed by atoms with Gasteiger partial charge in [0.1, 0.15) is 5.75 Å². The first-order valence-corrected chi connectivity index (χ1v) is 10.7. The van der Waals surface area contributed by atoms with Crippen molar-refractivity contribution in [2.75, 3.05) is 25.1 Å². The van der Waals surface area contributed by atoms with Crippen molar-refractivity contribution in [3.8, 4) is 5.75 Å². The summed E-state index contributed by atoms with van der Waals surface area (Å²) < 4.78 is 10.6. The Balaban J connectivity index is 1.40. The number of anilines is 2. The lowest BCUT2D eigenvalue weighted by molar-refractivity contribution is -0.154. The maximum Gasteiger partial charge on any atom is 0.344 e. The zero-order valence-electron chi connectivity index (χ0n) is 17.5. The minimum atomic E-state index is -0.547. The molecule has 0 atom stereocenters. The van der Waals surface area contributed by atoms with Crippen molar-refractivity contribution in [1.29, 1.82) is 0 Å². The summed E-state index contributed by atoms with van der Waals surface area (Å²) in [6.07, 6.45) is 5.61. The summed E-state index contributed by atoms with van der Waals surface area (Å²) in [5.41, 5.74) is 1.91. The summed E-state index contributed by atoms with van der Waals surface area (Å²) in [4.78, 5) is 26.3. The van der Waals surface area contributed by atoms with E-state index in [2.05, 4.69) is 5.32 Å². The molecule has 30 heavy (non-hydrogen) atoms. The first-order valence-electron chi connectivity index (χ1n) is 10.7. The number of carbonyl (C=O) groups is 2. The van der Waals surface area contributed by atoms with E-state index in [-0.39, 0.29) is 25.2 Å². The molecule has 0 aliphatic heterocycles. The van der Waals surface area contributed by atoms with Crippen LogP contribution in [0.4, 0.5) is 11.4 Å². The predicted octanol–water partition coefficient (Wildman–Crippen LogP) is 4.53. The number of likely N-dealkylation sites (N-methyl/N-ethyl adjacent to an activating group) is 1. The normalized spacial score (nSPS) is 14.0. The molecule has 1 aliphatic carbocycles. The van der Waals surface area contributed by atoms with Gasteiger partial charge >= 0.3 is 5.97 Å². The Kier molecular flexibility index (Phi) is 8.12. The Morgan fingerprint density at radius 1 is 0.933 bits per heavy atom. The largest absolute Gasteiger partial charge is 0.482 e. The third-order valence-corrected chi connectivity index (χ3v) is 5.31. The van der Waals surface area contributed by atoms with E-state index in [1.165, 1.54) is 6.42 Å². The Morgan fingerprint density at radius 3 is 2.27 bits per heavy atom. The molecule has 2 aromatic rings. The molecule has 1 saturated carbocycles. The summed E-state index contributed by atoms with van der Waals surface area (Å²) in [5, 5.41) is 3.28. The lowest BCUT2D eigenvalue weighted by Gasteiger charge is -2.33. The van der Waals surface area contributed by atoms with Crippen LogP contribution in [0, 0.1) is 0 Å². The molecule has 2 aromatic carbocycles. The second-order valence-electron chi connectivity index (χ2n) is 7.44. The predicted molar refractivity (Wildman–Crippen MR) is 117 cm³/mol. The molecule has 0 aromatic heterocycles. The summed E-state index contributed by atoms with van der Waals surface area (Å²) in [6.45, 7) is 2.15. The average Bonchev–Trinajstić information content (AvgIpc) is 2.79. The van der Waals surface area contributed by atoms with Gasteiger partial charge in [-0.05, 0) is 56.2 Å². The maximum atomic E-state index is 12.4. The summed E-state index contributed by atoms with van der Waals surface area (Å²) >= 11 is 0. The van der Waals surface area contributed by atoms with Gasteiger partial charge in [0, 0.05) is 24.0 Å². The fraction of sp³-hybridized carbons (Fsp3) is 0.417. The van der Waals surface area contributed by atoms with Crippen molar-refractivity contribution < 1.29 is 19.1 Å². The number of benzene rings is 2. The zero-order chi connectivity index (χ0) is 21.2. The molecule has 6 nitrogen and oxygen atoms in total. The SMILES string of the molecule is CCN(C(=O)COC(=O)COc1ccc(Nc2ccccc2)cc1)C1CCCCC1. The number of nitrogens with one attached hydrogen (secondary N) is 1. The molecule has 0 heterocycles. The standard InChI is InChI=1S/C24H30N2O4/c1-2-26(21-11-7-4-8-12-21)23(27)17-30-24(28)18-29-22-15-13-20(14-16-22)25-19-9-5-3-6-10-19/h3,5-6,9-10,13-16,21,25H,2,4,7-8,11-12,17-18H2,1H3. The number of para-hydroxylation sites is 1. The number of hydrogen-bond donors (Lipinski definition) is 1. The minimum absolute atomic E-state index is 0.130. The fourth-order valence-electron chi connectivity index (χ4n) is 3.76. The molecular weight excluding hydrogens is 380 g/mol. The van der Waals surface area contributed by atoms with Crippen molar-refractivity contribution in [2.24, 2.45) is 0 Å². The molecule has 3 rings (SSSR count). The molecule has 1 fully saturated rings. The second-order valence-corrected chi connectivity index (χ2v) is 7.44. The van der Waals surface area contributed by atoms with E-state index in [0.717, 1.165) is 37.1 Å². The van der Waals surface area contributed by atoms with Gasteiger partial charge in [-0.3, -0.25) is 4.79 Å². The first-order chi connectivity index (χ1) is 14.7. The van der Waals surface area contributed by atoms with Crippen LogP contribution in [-0.4, -0.2) is 42.6 Å². The van der Waals surface area contributed by atoms with Crippen LogP contribution in [0.15, 0.2) is 54.6 Å². The van der Waals surface area contributed by atoms with Crippen LogP contribution in [0.2, 0.25) is 0 Å². The Hall–Kier alpha value is -3.02. The van der Waals surface area contributed by atoms with Crippen molar-refractivity contribution in [2.45, 2.75) is 45.1 Å². The third kappa shape index (κ3) is 6.51. The number of nitrogens with zero attached hydrogens (tertiary/aromatic N) is 1. The van der Waals surface area contributed by atoms with Gasteiger partial charge in [-0.1, -0.05) is 37.5 Å². The van der Waals surface area contributed by atoms with Crippen LogP contribution in [0.5, 0.6) is 5.75 Å². The molecular formula is C24H30N2O4. The molecule has 160 valence electrons. The van der Waals surface area contributed by atoms with Crippen LogP contribution in [0.3, 0.4) is 0 Å². The highest BCUT2D eigenvalue weighted by atomic mass is 16.6. The fourth-order valence-corrected chi connectivity index (χ4v) is 3.76. The van der Waals surface area contributed by atoms with E-state index in [1.807, 2.05) is 54.3 Å². The van der Waals surface area contributed by atoms with Crippen molar-refractivity contribution >= 4 is 23.3 Å². The molecule has 0 unspecified atom stereocenters. The number of esters is 1. The minimum Gasteiger partial charge on any atom is -0.482 e. The summed E-state index contributed by atoms with van der Waals surface area (Å²) in [6, 6.07) is 17.4. The third-order valence-electron chi connectivity index (χ3n) is 5.31. The molecule has 0 radical (unpaired) electrons. The summed E-state index contributed by atoms with van der Waals surface area (Å²) in [7, 11) is 0. The van der Waals surface area contributed by atoms with Gasteiger partial charge in [0.05, 0.1) is 0 Å². The van der Waals surface area contributed by atoms with Crippen LogP contribution in [0.1, 0.15) is 39.0 Å². The van der Waals surface area contributed by atoms with Crippen LogP contribution < -0.4 is 10.1 Å². The Labute approximate surface area is 178 Å². The molecule has 0 spiro atoms. The number of rotatable bonds is 9. The number of hydrogen-bond acceptors (Lipinski definition) is 5. The van der Waals surface area contributed by atoms with Crippen molar-refractivity contribution in [3.05, 3.63) is 54.6 Å². The second kappa shape index (κ2) is 11.2. The Morgan fingerprint density at radius 2 is 1.60 bits per heavy atom. The molecule has 1 aliphatic rings. The molecule has 0 bridgehead atoms. The maximum absolute atomic E-state index is 12.4. The smallest absolute Gasteiger partial charge is 0.344 e. The van der Waals surface area contributed by atoms with Gasteiger partial charge in [-0.15, -0.1) is 0 Å². The van der Waals surface area contributed by atoms with E-state index in [0.29, 0.717) is 12.3 Å². The van der Waals surface area contributed by atoms with Crippen LogP contribution in [0.25, 0.3) is 0 Å². The number of ether oxygens (including phenoxy) is 2. The lowest BCUT2D eigenvalue weighted by Crippen LogP contribution is -2.43. The lowest BCUT2D eigenvalue weighted by atomic mass is 9.94. The number of carbonyl (C=O) groups excluding carboxylic acids is 2. The molecule has 0 saturated heterocycles. The first kappa shape index (κ1) is 21.7. The van der Waals surface area contributed by atoms with Gasteiger partial charge in [-0.25, -0.2) is 4.79 Å². The Bertz CT molecular complexity index is 802. The van der Waals surface area contributed by atoms with Gasteiger partial charge < -0.3 is 19.7 Å². The van der Waals surface area contributed by atoms with Crippen molar-refractivity contribution in [3.63, 3.8) is 0 Å².